The quantitative estimate of drug-likeness (QED) is 0.553. The van der Waals surface area contributed by atoms with E-state index < -0.39 is 23.9 Å². The van der Waals surface area contributed by atoms with Crippen molar-refractivity contribution in [2.45, 2.75) is 13.5 Å². The topological polar surface area (TPSA) is 105 Å². The van der Waals surface area contributed by atoms with Crippen LogP contribution in [0.2, 0.25) is 0 Å². The number of ether oxygens (including phenoxy) is 1. The number of carbonyl (C=O) groups excluding carboxylic acids is 2. The molecule has 0 radical (unpaired) electrons. The first-order chi connectivity index (χ1) is 14.4. The van der Waals surface area contributed by atoms with Gasteiger partial charge in [0.25, 0.3) is 0 Å². The Balaban J connectivity index is 2.13. The first kappa shape index (κ1) is 20.9. The van der Waals surface area contributed by atoms with Gasteiger partial charge in [0.2, 0.25) is 5.95 Å². The Hall–Kier alpha value is -3.82. The predicted octanol–water partition coefficient (Wildman–Crippen LogP) is 3.57. The SMILES string of the molecule is CCNC(=O)Nc1cc2c(-c3cc(F)ncc3F)ccc(CNC(=O)OC)c2cn1. The summed E-state index contributed by atoms with van der Waals surface area (Å²) in [4.78, 5) is 30.8. The van der Waals surface area contributed by atoms with Crippen molar-refractivity contribution >= 4 is 28.7 Å². The molecule has 0 bridgehead atoms. The van der Waals surface area contributed by atoms with Gasteiger partial charge >= 0.3 is 12.1 Å². The lowest BCUT2D eigenvalue weighted by Gasteiger charge is -2.14. The van der Waals surface area contributed by atoms with Crippen molar-refractivity contribution in [1.82, 2.24) is 20.6 Å². The molecule has 8 nitrogen and oxygen atoms in total. The minimum absolute atomic E-state index is 0.00939. The zero-order valence-electron chi connectivity index (χ0n) is 16.3. The highest BCUT2D eigenvalue weighted by atomic mass is 19.1. The molecule has 3 rings (SSSR count). The molecule has 3 amide bonds. The number of hydrogen-bond donors (Lipinski definition) is 3. The van der Waals surface area contributed by atoms with Crippen LogP contribution in [0.5, 0.6) is 0 Å². The average Bonchev–Trinajstić information content (AvgIpc) is 2.73. The third kappa shape index (κ3) is 4.59. The molecule has 156 valence electrons. The van der Waals surface area contributed by atoms with Gasteiger partial charge in [0, 0.05) is 36.3 Å². The summed E-state index contributed by atoms with van der Waals surface area (Å²) in [5, 5.41) is 8.84. The van der Waals surface area contributed by atoms with Crippen LogP contribution >= 0.6 is 0 Å². The fraction of sp³-hybridized carbons (Fsp3) is 0.200. The smallest absolute Gasteiger partial charge is 0.407 e. The van der Waals surface area contributed by atoms with Crippen molar-refractivity contribution in [1.29, 1.82) is 0 Å². The Morgan fingerprint density at radius 1 is 1.03 bits per heavy atom. The number of aromatic nitrogens is 2. The van der Waals surface area contributed by atoms with Gasteiger partial charge < -0.3 is 15.4 Å². The van der Waals surface area contributed by atoms with Gasteiger partial charge in [-0.05, 0) is 29.5 Å². The molecule has 0 unspecified atom stereocenters. The normalized spacial score (nSPS) is 10.5. The van der Waals surface area contributed by atoms with E-state index in [1.165, 1.54) is 13.3 Å². The highest BCUT2D eigenvalue weighted by molar-refractivity contribution is 6.01. The molecule has 0 spiro atoms. The highest BCUT2D eigenvalue weighted by Gasteiger charge is 2.15. The minimum atomic E-state index is -0.828. The van der Waals surface area contributed by atoms with Crippen LogP contribution in [0.1, 0.15) is 12.5 Å². The van der Waals surface area contributed by atoms with Crippen molar-refractivity contribution in [2.75, 3.05) is 19.0 Å². The Kier molecular flexibility index (Phi) is 6.35. The molecule has 3 N–H and O–H groups in total. The van der Waals surface area contributed by atoms with Crippen molar-refractivity contribution in [2.24, 2.45) is 0 Å². The maximum Gasteiger partial charge on any atom is 0.407 e. The molecule has 10 heteroatoms. The number of carbonyl (C=O) groups is 2. The van der Waals surface area contributed by atoms with E-state index in [0.29, 0.717) is 28.4 Å². The van der Waals surface area contributed by atoms with Crippen LogP contribution in [0.25, 0.3) is 21.9 Å². The number of nitrogens with one attached hydrogen (secondary N) is 3. The van der Waals surface area contributed by atoms with Crippen LogP contribution in [0.3, 0.4) is 0 Å². The van der Waals surface area contributed by atoms with E-state index in [2.05, 4.69) is 30.7 Å². The summed E-state index contributed by atoms with van der Waals surface area (Å²) in [6.07, 6.45) is 1.68. The summed E-state index contributed by atoms with van der Waals surface area (Å²) in [7, 11) is 1.25. The van der Waals surface area contributed by atoms with Crippen LogP contribution in [-0.4, -0.2) is 35.7 Å². The van der Waals surface area contributed by atoms with Crippen molar-refractivity contribution in [3.05, 3.63) is 54.0 Å². The van der Waals surface area contributed by atoms with Gasteiger partial charge in [0.1, 0.15) is 11.6 Å². The van der Waals surface area contributed by atoms with Crippen molar-refractivity contribution in [3.8, 4) is 11.1 Å². The number of nitrogens with zero attached hydrogens (tertiary/aromatic N) is 2. The van der Waals surface area contributed by atoms with Crippen LogP contribution in [0, 0.1) is 11.8 Å². The Morgan fingerprint density at radius 3 is 2.57 bits per heavy atom. The molecule has 1 aromatic carbocycles. The van der Waals surface area contributed by atoms with Crippen LogP contribution in [-0.2, 0) is 11.3 Å². The third-order valence-electron chi connectivity index (χ3n) is 4.29. The maximum absolute atomic E-state index is 14.4. The first-order valence-electron chi connectivity index (χ1n) is 9.02. The van der Waals surface area contributed by atoms with E-state index in [4.69, 9.17) is 0 Å². The number of anilines is 1. The van der Waals surface area contributed by atoms with E-state index in [1.807, 2.05) is 0 Å². The number of halogens is 2. The second-order valence-corrected chi connectivity index (χ2v) is 6.20. The van der Waals surface area contributed by atoms with E-state index in [1.54, 1.807) is 25.1 Å². The second kappa shape index (κ2) is 9.12. The molecule has 3 aromatic rings. The predicted molar refractivity (Wildman–Crippen MR) is 107 cm³/mol. The molecule has 30 heavy (non-hydrogen) atoms. The van der Waals surface area contributed by atoms with Gasteiger partial charge in [-0.2, -0.15) is 4.39 Å². The summed E-state index contributed by atoms with van der Waals surface area (Å²) in [6, 6.07) is 5.37. The summed E-state index contributed by atoms with van der Waals surface area (Å²) < 4.78 is 32.7. The van der Waals surface area contributed by atoms with E-state index in [-0.39, 0.29) is 17.9 Å². The lowest BCUT2D eigenvalue weighted by Crippen LogP contribution is -2.28. The second-order valence-electron chi connectivity index (χ2n) is 6.20. The molecule has 2 aromatic heterocycles. The number of hydrogen-bond acceptors (Lipinski definition) is 5. The van der Waals surface area contributed by atoms with Gasteiger partial charge in [0.15, 0.2) is 0 Å². The van der Waals surface area contributed by atoms with Crippen LogP contribution < -0.4 is 16.0 Å². The Bertz CT molecular complexity index is 1110. The van der Waals surface area contributed by atoms with Crippen LogP contribution in [0.15, 0.2) is 36.7 Å². The number of amides is 3. The third-order valence-corrected chi connectivity index (χ3v) is 4.29. The van der Waals surface area contributed by atoms with Gasteiger partial charge in [0.05, 0.1) is 13.3 Å². The van der Waals surface area contributed by atoms with Crippen LogP contribution in [0.4, 0.5) is 24.2 Å². The van der Waals surface area contributed by atoms with Gasteiger partial charge in [-0.1, -0.05) is 12.1 Å². The lowest BCUT2D eigenvalue weighted by atomic mass is 9.96. The number of alkyl carbamates (subject to hydrolysis) is 1. The summed E-state index contributed by atoms with van der Waals surface area (Å²) in [6.45, 7) is 2.32. The molecule has 0 aliphatic rings. The zero-order valence-corrected chi connectivity index (χ0v) is 16.3. The zero-order chi connectivity index (χ0) is 21.7. The summed E-state index contributed by atoms with van der Waals surface area (Å²) >= 11 is 0. The first-order valence-corrected chi connectivity index (χ1v) is 9.02. The summed E-state index contributed by atoms with van der Waals surface area (Å²) in [5.74, 6) is -1.30. The molecule has 0 aliphatic carbocycles. The number of fused-ring (bicyclic) bond motifs is 1. The Morgan fingerprint density at radius 2 is 1.83 bits per heavy atom. The maximum atomic E-state index is 14.4. The molecule has 0 aliphatic heterocycles. The largest absolute Gasteiger partial charge is 0.453 e. The number of benzene rings is 1. The lowest BCUT2D eigenvalue weighted by molar-refractivity contribution is 0.170. The molecule has 2 heterocycles. The minimum Gasteiger partial charge on any atom is -0.453 e. The molecule has 0 saturated heterocycles. The summed E-state index contributed by atoms with van der Waals surface area (Å²) in [5.41, 5.74) is 1.06. The standard InChI is InChI=1S/C20H19F2N5O3/c1-3-23-19(28)27-18-7-13-12(14-6-17(22)24-10-16(14)21)5-4-11(15(13)9-25-18)8-26-20(29)30-2/h4-7,9-10H,3,8H2,1-2H3,(H,26,29)(H2,23,25,27,28). The van der Waals surface area contributed by atoms with Gasteiger partial charge in [-0.3, -0.25) is 5.32 Å². The van der Waals surface area contributed by atoms with E-state index in [9.17, 15) is 18.4 Å². The average molecular weight is 415 g/mol. The van der Waals surface area contributed by atoms with Crippen molar-refractivity contribution < 1.29 is 23.1 Å². The van der Waals surface area contributed by atoms with Gasteiger partial charge in [-0.25, -0.2) is 23.9 Å². The molecule has 0 atom stereocenters. The van der Waals surface area contributed by atoms with E-state index >= 15 is 0 Å². The van der Waals surface area contributed by atoms with E-state index in [0.717, 1.165) is 12.3 Å². The highest BCUT2D eigenvalue weighted by Crippen LogP contribution is 2.33. The fourth-order valence-electron chi connectivity index (χ4n) is 2.94. The van der Waals surface area contributed by atoms with Gasteiger partial charge in [-0.15, -0.1) is 0 Å². The number of urea groups is 1. The molecular weight excluding hydrogens is 396 g/mol. The number of methoxy groups -OCH3 is 1. The van der Waals surface area contributed by atoms with Crippen molar-refractivity contribution in [3.63, 3.8) is 0 Å². The fourth-order valence-corrected chi connectivity index (χ4v) is 2.94. The molecule has 0 fully saturated rings. The number of pyridine rings is 2. The monoisotopic (exact) mass is 415 g/mol. The molecule has 0 saturated carbocycles. The molecular formula is C20H19F2N5O3. The number of rotatable bonds is 5. The Labute approximate surface area is 170 Å².